The molecule has 0 amide bonds. The van der Waals surface area contributed by atoms with Crippen molar-refractivity contribution in [1.29, 1.82) is 0 Å². The SMILES string of the molecule is CC(C)N(CC1CC1)c1c(F)cccc1[C@@H](C)N. The summed E-state index contributed by atoms with van der Waals surface area (Å²) in [6.07, 6.45) is 2.54. The van der Waals surface area contributed by atoms with Crippen molar-refractivity contribution in [3.63, 3.8) is 0 Å². The molecule has 1 aliphatic rings. The minimum Gasteiger partial charge on any atom is -0.366 e. The van der Waals surface area contributed by atoms with Gasteiger partial charge in [-0.2, -0.15) is 0 Å². The smallest absolute Gasteiger partial charge is 0.146 e. The molecular formula is C15H23FN2. The van der Waals surface area contributed by atoms with Crippen LogP contribution < -0.4 is 10.6 Å². The van der Waals surface area contributed by atoms with Gasteiger partial charge in [0, 0.05) is 18.6 Å². The molecule has 0 bridgehead atoms. The standard InChI is InChI=1S/C15H23FN2/c1-10(2)18(9-12-7-8-12)15-13(11(3)17)5-4-6-14(15)16/h4-6,10-12H,7-9,17H2,1-3H3/t11-/m1/s1. The van der Waals surface area contributed by atoms with Crippen LogP contribution >= 0.6 is 0 Å². The van der Waals surface area contributed by atoms with Gasteiger partial charge in [-0.15, -0.1) is 0 Å². The summed E-state index contributed by atoms with van der Waals surface area (Å²) in [6.45, 7) is 7.08. The van der Waals surface area contributed by atoms with Crippen molar-refractivity contribution in [2.24, 2.45) is 11.7 Å². The Hall–Kier alpha value is -1.09. The number of hydrogen-bond acceptors (Lipinski definition) is 2. The van der Waals surface area contributed by atoms with Crippen LogP contribution in [0.3, 0.4) is 0 Å². The highest BCUT2D eigenvalue weighted by Gasteiger charge is 2.28. The minimum atomic E-state index is -0.154. The maximum atomic E-state index is 14.2. The Balaban J connectivity index is 2.38. The predicted molar refractivity (Wildman–Crippen MR) is 74.2 cm³/mol. The molecular weight excluding hydrogens is 227 g/mol. The maximum absolute atomic E-state index is 14.2. The number of nitrogens with two attached hydrogens (primary N) is 1. The fourth-order valence-electron chi connectivity index (χ4n) is 2.34. The normalized spacial score (nSPS) is 17.0. The molecule has 0 radical (unpaired) electrons. The van der Waals surface area contributed by atoms with Crippen molar-refractivity contribution in [2.75, 3.05) is 11.4 Å². The molecule has 0 spiro atoms. The molecule has 1 aromatic carbocycles. The van der Waals surface area contributed by atoms with Gasteiger partial charge < -0.3 is 10.6 Å². The molecule has 1 aliphatic carbocycles. The van der Waals surface area contributed by atoms with Crippen LogP contribution in [0.2, 0.25) is 0 Å². The largest absolute Gasteiger partial charge is 0.366 e. The van der Waals surface area contributed by atoms with E-state index in [0.29, 0.717) is 11.7 Å². The van der Waals surface area contributed by atoms with E-state index >= 15 is 0 Å². The third kappa shape index (κ3) is 2.83. The van der Waals surface area contributed by atoms with E-state index in [1.54, 1.807) is 6.07 Å². The van der Waals surface area contributed by atoms with Crippen LogP contribution in [0.1, 0.15) is 45.2 Å². The molecule has 0 saturated heterocycles. The van der Waals surface area contributed by atoms with Gasteiger partial charge in [0.1, 0.15) is 5.82 Å². The van der Waals surface area contributed by atoms with E-state index in [-0.39, 0.29) is 11.9 Å². The highest BCUT2D eigenvalue weighted by molar-refractivity contribution is 5.57. The predicted octanol–water partition coefficient (Wildman–Crippen LogP) is 3.47. The topological polar surface area (TPSA) is 29.3 Å². The monoisotopic (exact) mass is 250 g/mol. The Labute approximate surface area is 109 Å². The molecule has 2 nitrogen and oxygen atoms in total. The second-order valence-corrected chi connectivity index (χ2v) is 5.66. The van der Waals surface area contributed by atoms with Gasteiger partial charge in [-0.1, -0.05) is 12.1 Å². The van der Waals surface area contributed by atoms with Crippen molar-refractivity contribution in [3.05, 3.63) is 29.6 Å². The fourth-order valence-corrected chi connectivity index (χ4v) is 2.34. The summed E-state index contributed by atoms with van der Waals surface area (Å²) < 4.78 is 14.2. The van der Waals surface area contributed by atoms with E-state index in [1.165, 1.54) is 18.9 Å². The van der Waals surface area contributed by atoms with E-state index < -0.39 is 0 Å². The Morgan fingerprint density at radius 1 is 1.33 bits per heavy atom. The number of benzene rings is 1. The van der Waals surface area contributed by atoms with Crippen LogP contribution in [0.25, 0.3) is 0 Å². The van der Waals surface area contributed by atoms with Crippen molar-refractivity contribution in [1.82, 2.24) is 0 Å². The molecule has 1 fully saturated rings. The summed E-state index contributed by atoms with van der Waals surface area (Å²) >= 11 is 0. The van der Waals surface area contributed by atoms with Gasteiger partial charge >= 0.3 is 0 Å². The van der Waals surface area contributed by atoms with Crippen LogP contribution in [0.4, 0.5) is 10.1 Å². The van der Waals surface area contributed by atoms with Gasteiger partial charge in [0.25, 0.3) is 0 Å². The second-order valence-electron chi connectivity index (χ2n) is 5.66. The first kappa shape index (κ1) is 13.3. The lowest BCUT2D eigenvalue weighted by molar-refractivity contribution is 0.581. The summed E-state index contributed by atoms with van der Waals surface area (Å²) in [7, 11) is 0. The van der Waals surface area contributed by atoms with E-state index in [9.17, 15) is 4.39 Å². The van der Waals surface area contributed by atoms with Gasteiger partial charge in [-0.3, -0.25) is 0 Å². The van der Waals surface area contributed by atoms with Gasteiger partial charge in [0.05, 0.1) is 5.69 Å². The molecule has 2 rings (SSSR count). The third-order valence-corrected chi connectivity index (χ3v) is 3.57. The summed E-state index contributed by atoms with van der Waals surface area (Å²) in [6, 6.07) is 5.36. The lowest BCUT2D eigenvalue weighted by atomic mass is 10.0. The number of para-hydroxylation sites is 1. The highest BCUT2D eigenvalue weighted by atomic mass is 19.1. The first-order valence-corrected chi connectivity index (χ1v) is 6.81. The average Bonchev–Trinajstić information content (AvgIpc) is 3.09. The molecule has 0 heterocycles. The quantitative estimate of drug-likeness (QED) is 0.867. The Bertz CT molecular complexity index is 411. The zero-order valence-corrected chi connectivity index (χ0v) is 11.5. The van der Waals surface area contributed by atoms with E-state index in [1.807, 2.05) is 13.0 Å². The number of anilines is 1. The zero-order valence-electron chi connectivity index (χ0n) is 11.5. The third-order valence-electron chi connectivity index (χ3n) is 3.57. The number of halogens is 1. The minimum absolute atomic E-state index is 0.142. The number of nitrogens with zero attached hydrogens (tertiary/aromatic N) is 1. The van der Waals surface area contributed by atoms with Crippen LogP contribution in [0.15, 0.2) is 18.2 Å². The number of hydrogen-bond donors (Lipinski definition) is 1. The molecule has 1 saturated carbocycles. The van der Waals surface area contributed by atoms with Crippen LogP contribution in [0.5, 0.6) is 0 Å². The van der Waals surface area contributed by atoms with Crippen molar-refractivity contribution in [3.8, 4) is 0 Å². The molecule has 0 aliphatic heterocycles. The lowest BCUT2D eigenvalue weighted by Gasteiger charge is -2.32. The fraction of sp³-hybridized carbons (Fsp3) is 0.600. The maximum Gasteiger partial charge on any atom is 0.146 e. The molecule has 3 heteroatoms. The first-order valence-electron chi connectivity index (χ1n) is 6.81. The zero-order chi connectivity index (χ0) is 13.3. The molecule has 1 aromatic rings. The Morgan fingerprint density at radius 3 is 2.50 bits per heavy atom. The lowest BCUT2D eigenvalue weighted by Crippen LogP contribution is -2.35. The molecule has 18 heavy (non-hydrogen) atoms. The Morgan fingerprint density at radius 2 is 2.00 bits per heavy atom. The summed E-state index contributed by atoms with van der Waals surface area (Å²) in [5.41, 5.74) is 7.58. The average molecular weight is 250 g/mol. The molecule has 0 aromatic heterocycles. The molecule has 2 N–H and O–H groups in total. The van der Waals surface area contributed by atoms with Crippen LogP contribution in [-0.2, 0) is 0 Å². The van der Waals surface area contributed by atoms with E-state index in [0.717, 1.165) is 18.0 Å². The van der Waals surface area contributed by atoms with E-state index in [4.69, 9.17) is 5.73 Å². The molecule has 1 atom stereocenters. The van der Waals surface area contributed by atoms with Crippen molar-refractivity contribution < 1.29 is 4.39 Å². The summed E-state index contributed by atoms with van der Waals surface area (Å²) in [5, 5.41) is 0. The van der Waals surface area contributed by atoms with Crippen molar-refractivity contribution >= 4 is 5.69 Å². The summed E-state index contributed by atoms with van der Waals surface area (Å²) in [5.74, 6) is 0.576. The molecule has 100 valence electrons. The van der Waals surface area contributed by atoms with Gasteiger partial charge in [0.15, 0.2) is 0 Å². The van der Waals surface area contributed by atoms with E-state index in [2.05, 4.69) is 18.7 Å². The van der Waals surface area contributed by atoms with Gasteiger partial charge in [-0.05, 0) is 51.2 Å². The van der Waals surface area contributed by atoms with Crippen LogP contribution in [0, 0.1) is 11.7 Å². The van der Waals surface area contributed by atoms with Gasteiger partial charge in [-0.25, -0.2) is 4.39 Å². The Kier molecular flexibility index (Phi) is 3.91. The van der Waals surface area contributed by atoms with Crippen LogP contribution in [-0.4, -0.2) is 12.6 Å². The molecule has 0 unspecified atom stereocenters. The first-order chi connectivity index (χ1) is 8.50. The second kappa shape index (κ2) is 5.27. The number of rotatable bonds is 5. The van der Waals surface area contributed by atoms with Gasteiger partial charge in [0.2, 0.25) is 0 Å². The van der Waals surface area contributed by atoms with Crippen molar-refractivity contribution in [2.45, 2.75) is 45.7 Å². The summed E-state index contributed by atoms with van der Waals surface area (Å²) in [4.78, 5) is 2.17. The highest BCUT2D eigenvalue weighted by Crippen LogP contribution is 2.35.